The maximum Gasteiger partial charge on any atom is 0.319 e. The second kappa shape index (κ2) is 10.2. The molecule has 2 rings (SSSR count). The standard InChI is InChI=1S/C14H20F2N6.HI/c1-2-17-14(19-5-9-21-7-3-4-8-21)20-11-12-18-6-10-22(12)13(15)16;/h3-4,6-8,10,13H,2,5,9,11H2,1H3,(H2,17,19,20);1H. The quantitative estimate of drug-likeness (QED) is 0.397. The zero-order chi connectivity index (χ0) is 15.8. The number of imidazole rings is 1. The molecule has 128 valence electrons. The molecule has 0 fully saturated rings. The summed E-state index contributed by atoms with van der Waals surface area (Å²) >= 11 is 0. The number of rotatable bonds is 7. The van der Waals surface area contributed by atoms with Crippen LogP contribution in [0.4, 0.5) is 8.78 Å². The van der Waals surface area contributed by atoms with Crippen LogP contribution in [0.2, 0.25) is 0 Å². The summed E-state index contributed by atoms with van der Waals surface area (Å²) < 4.78 is 28.3. The first-order valence-corrected chi connectivity index (χ1v) is 7.13. The van der Waals surface area contributed by atoms with E-state index in [1.807, 2.05) is 36.0 Å². The van der Waals surface area contributed by atoms with E-state index in [0.717, 1.165) is 11.1 Å². The van der Waals surface area contributed by atoms with Crippen molar-refractivity contribution < 1.29 is 8.78 Å². The lowest BCUT2D eigenvalue weighted by atomic mass is 10.5. The number of hydrogen-bond acceptors (Lipinski definition) is 2. The van der Waals surface area contributed by atoms with Crippen LogP contribution in [-0.4, -0.2) is 33.2 Å². The minimum atomic E-state index is -2.60. The molecule has 0 aliphatic rings. The molecule has 0 spiro atoms. The number of hydrogen-bond donors (Lipinski definition) is 2. The van der Waals surface area contributed by atoms with Crippen LogP contribution in [0.1, 0.15) is 19.3 Å². The van der Waals surface area contributed by atoms with Crippen molar-refractivity contribution in [2.45, 2.75) is 26.6 Å². The fourth-order valence-electron chi connectivity index (χ4n) is 1.96. The zero-order valence-electron chi connectivity index (χ0n) is 12.8. The molecule has 0 aliphatic heterocycles. The molecule has 2 aromatic rings. The van der Waals surface area contributed by atoms with E-state index in [1.165, 1.54) is 12.4 Å². The number of halogens is 3. The molecule has 2 aromatic heterocycles. The minimum absolute atomic E-state index is 0. The third kappa shape index (κ3) is 6.16. The Balaban J connectivity index is 0.00000264. The highest BCUT2D eigenvalue weighted by molar-refractivity contribution is 14.0. The summed E-state index contributed by atoms with van der Waals surface area (Å²) in [6, 6.07) is 3.92. The van der Waals surface area contributed by atoms with Gasteiger partial charge in [-0.2, -0.15) is 8.78 Å². The molecule has 0 aliphatic carbocycles. The smallest absolute Gasteiger partial charge is 0.319 e. The van der Waals surface area contributed by atoms with Crippen molar-refractivity contribution in [1.82, 2.24) is 24.8 Å². The van der Waals surface area contributed by atoms with Crippen LogP contribution in [-0.2, 0) is 13.1 Å². The van der Waals surface area contributed by atoms with Gasteiger partial charge in [0.1, 0.15) is 12.4 Å². The van der Waals surface area contributed by atoms with E-state index < -0.39 is 6.55 Å². The summed E-state index contributed by atoms with van der Waals surface area (Å²) in [5, 5.41) is 6.24. The SMILES string of the molecule is CCNC(=NCc1nccn1C(F)F)NCCn1cccc1.I. The number of guanidine groups is 1. The second-order valence-electron chi connectivity index (χ2n) is 4.57. The Hall–Kier alpha value is -1.65. The maximum absolute atomic E-state index is 12.7. The van der Waals surface area contributed by atoms with E-state index in [0.29, 0.717) is 19.0 Å². The van der Waals surface area contributed by atoms with Gasteiger partial charge in [-0.25, -0.2) is 9.98 Å². The van der Waals surface area contributed by atoms with Crippen molar-refractivity contribution in [1.29, 1.82) is 0 Å². The normalized spacial score (nSPS) is 11.4. The fraction of sp³-hybridized carbons (Fsp3) is 0.429. The van der Waals surface area contributed by atoms with E-state index in [1.54, 1.807) is 0 Å². The van der Waals surface area contributed by atoms with Gasteiger partial charge in [0.05, 0.1) is 0 Å². The van der Waals surface area contributed by atoms with Crippen molar-refractivity contribution >= 4 is 29.9 Å². The molecule has 6 nitrogen and oxygen atoms in total. The lowest BCUT2D eigenvalue weighted by Gasteiger charge is -2.12. The van der Waals surface area contributed by atoms with Gasteiger partial charge in [-0.3, -0.25) is 4.57 Å². The summed E-state index contributed by atoms with van der Waals surface area (Å²) in [4.78, 5) is 8.19. The van der Waals surface area contributed by atoms with Gasteiger partial charge >= 0.3 is 6.55 Å². The van der Waals surface area contributed by atoms with Crippen molar-refractivity contribution in [2.24, 2.45) is 4.99 Å². The van der Waals surface area contributed by atoms with Crippen molar-refractivity contribution in [3.8, 4) is 0 Å². The van der Waals surface area contributed by atoms with Crippen molar-refractivity contribution in [3.05, 3.63) is 42.7 Å². The lowest BCUT2D eigenvalue weighted by Crippen LogP contribution is -2.38. The van der Waals surface area contributed by atoms with E-state index in [9.17, 15) is 8.78 Å². The Bertz CT molecular complexity index is 582. The fourth-order valence-corrected chi connectivity index (χ4v) is 1.96. The molecule has 0 atom stereocenters. The molecule has 0 bridgehead atoms. The number of alkyl halides is 2. The highest BCUT2D eigenvalue weighted by Crippen LogP contribution is 2.12. The van der Waals surface area contributed by atoms with Gasteiger partial charge in [0.25, 0.3) is 0 Å². The van der Waals surface area contributed by atoms with Crippen LogP contribution >= 0.6 is 24.0 Å². The Morgan fingerprint density at radius 1 is 1.26 bits per heavy atom. The highest BCUT2D eigenvalue weighted by atomic mass is 127. The molecular formula is C14H21F2IN6. The van der Waals surface area contributed by atoms with Gasteiger partial charge in [0, 0.05) is 44.4 Å². The van der Waals surface area contributed by atoms with Crippen molar-refractivity contribution in [2.75, 3.05) is 13.1 Å². The third-order valence-corrected chi connectivity index (χ3v) is 3.01. The number of aliphatic imine (C=N–C) groups is 1. The largest absolute Gasteiger partial charge is 0.357 e. The Morgan fingerprint density at radius 2 is 2.00 bits per heavy atom. The van der Waals surface area contributed by atoms with E-state index in [4.69, 9.17) is 0 Å². The average Bonchev–Trinajstić information content (AvgIpc) is 3.16. The first kappa shape index (κ1) is 19.4. The number of nitrogens with one attached hydrogen (secondary N) is 2. The molecule has 23 heavy (non-hydrogen) atoms. The summed E-state index contributed by atoms with van der Waals surface area (Å²) in [7, 11) is 0. The summed E-state index contributed by atoms with van der Waals surface area (Å²) in [6.07, 6.45) is 6.56. The van der Waals surface area contributed by atoms with Gasteiger partial charge in [0.15, 0.2) is 5.96 Å². The molecule has 2 heterocycles. The number of aromatic nitrogens is 3. The molecule has 0 amide bonds. The van der Waals surface area contributed by atoms with Crippen molar-refractivity contribution in [3.63, 3.8) is 0 Å². The van der Waals surface area contributed by atoms with E-state index in [-0.39, 0.29) is 36.3 Å². The third-order valence-electron chi connectivity index (χ3n) is 3.01. The Morgan fingerprint density at radius 3 is 2.65 bits per heavy atom. The molecule has 9 heteroatoms. The van der Waals surface area contributed by atoms with E-state index >= 15 is 0 Å². The zero-order valence-corrected chi connectivity index (χ0v) is 15.2. The summed E-state index contributed by atoms with van der Waals surface area (Å²) in [6.45, 7) is 1.61. The molecule has 0 aromatic carbocycles. The molecule has 0 unspecified atom stereocenters. The van der Waals surface area contributed by atoms with Gasteiger partial charge in [-0.05, 0) is 19.1 Å². The molecule has 0 radical (unpaired) electrons. The predicted octanol–water partition coefficient (Wildman–Crippen LogP) is 2.45. The number of nitrogens with zero attached hydrogens (tertiary/aromatic N) is 4. The predicted molar refractivity (Wildman–Crippen MR) is 96.1 cm³/mol. The summed E-state index contributed by atoms with van der Waals surface area (Å²) in [5.41, 5.74) is 0. The highest BCUT2D eigenvalue weighted by Gasteiger charge is 2.10. The minimum Gasteiger partial charge on any atom is -0.357 e. The molecule has 2 N–H and O–H groups in total. The molecule has 0 saturated carbocycles. The van der Waals surface area contributed by atoms with Gasteiger partial charge in [0.2, 0.25) is 0 Å². The van der Waals surface area contributed by atoms with Gasteiger partial charge in [-0.1, -0.05) is 0 Å². The van der Waals surface area contributed by atoms with Crippen LogP contribution in [0.25, 0.3) is 0 Å². The van der Waals surface area contributed by atoms with Gasteiger partial charge in [-0.15, -0.1) is 24.0 Å². The monoisotopic (exact) mass is 438 g/mol. The first-order valence-electron chi connectivity index (χ1n) is 7.13. The second-order valence-corrected chi connectivity index (χ2v) is 4.57. The molecular weight excluding hydrogens is 417 g/mol. The van der Waals surface area contributed by atoms with Crippen LogP contribution in [0.5, 0.6) is 0 Å². The maximum atomic E-state index is 12.7. The summed E-state index contributed by atoms with van der Waals surface area (Å²) in [5.74, 6) is 0.816. The van der Waals surface area contributed by atoms with Crippen LogP contribution < -0.4 is 10.6 Å². The first-order chi connectivity index (χ1) is 10.7. The van der Waals surface area contributed by atoms with Crippen LogP contribution in [0, 0.1) is 0 Å². The molecule has 0 saturated heterocycles. The Labute approximate surface area is 151 Å². The Kier molecular flexibility index (Phi) is 8.59. The van der Waals surface area contributed by atoms with Gasteiger partial charge < -0.3 is 15.2 Å². The topological polar surface area (TPSA) is 59.2 Å². The average molecular weight is 438 g/mol. The van der Waals surface area contributed by atoms with E-state index in [2.05, 4.69) is 20.6 Å². The lowest BCUT2D eigenvalue weighted by molar-refractivity contribution is 0.0671. The van der Waals surface area contributed by atoms with Crippen LogP contribution in [0.15, 0.2) is 41.9 Å². The van der Waals surface area contributed by atoms with Crippen LogP contribution in [0.3, 0.4) is 0 Å².